The molecule has 0 amide bonds. The molecule has 0 saturated carbocycles. The molecule has 36 heavy (non-hydrogen) atoms. The van der Waals surface area contributed by atoms with Crippen molar-refractivity contribution in [3.05, 3.63) is 62.8 Å². The van der Waals surface area contributed by atoms with Gasteiger partial charge in [-0.1, -0.05) is 44.2 Å². The molecule has 1 heterocycles. The van der Waals surface area contributed by atoms with Gasteiger partial charge in [0.1, 0.15) is 5.84 Å². The van der Waals surface area contributed by atoms with Crippen LogP contribution in [0.4, 0.5) is 0 Å². The number of fused-ring (bicyclic) bond motifs is 1. The maximum atomic E-state index is 10.8. The molecule has 1 aliphatic carbocycles. The van der Waals surface area contributed by atoms with Crippen LogP contribution in [0.2, 0.25) is 0 Å². The Morgan fingerprint density at radius 1 is 1.22 bits per heavy atom. The minimum atomic E-state index is -0.737. The summed E-state index contributed by atoms with van der Waals surface area (Å²) in [6.07, 6.45) is 8.75. The van der Waals surface area contributed by atoms with E-state index < -0.39 is 5.60 Å². The number of H-pyrrole nitrogens is 1. The lowest BCUT2D eigenvalue weighted by atomic mass is 9.78. The van der Waals surface area contributed by atoms with Gasteiger partial charge in [-0.3, -0.25) is 5.41 Å². The van der Waals surface area contributed by atoms with Crippen molar-refractivity contribution >= 4 is 23.7 Å². The Bertz CT molecular complexity index is 1290. The molecule has 0 fully saturated rings. The lowest BCUT2D eigenvalue weighted by molar-refractivity contribution is 0.0719. The number of aromatic nitrogens is 1. The number of rotatable bonds is 9. The van der Waals surface area contributed by atoms with Gasteiger partial charge in [0, 0.05) is 34.8 Å². The van der Waals surface area contributed by atoms with Crippen molar-refractivity contribution in [1.82, 2.24) is 10.3 Å². The van der Waals surface area contributed by atoms with E-state index in [0.717, 1.165) is 29.1 Å². The summed E-state index contributed by atoms with van der Waals surface area (Å²) in [4.78, 5) is 7.63. The Hall–Kier alpha value is -3.12. The fourth-order valence-electron chi connectivity index (χ4n) is 4.86. The van der Waals surface area contributed by atoms with Crippen LogP contribution in [-0.4, -0.2) is 38.9 Å². The second-order valence-electron chi connectivity index (χ2n) is 10.6. The second-order valence-corrected chi connectivity index (χ2v) is 10.6. The van der Waals surface area contributed by atoms with E-state index in [2.05, 4.69) is 66.4 Å². The number of nitrogens with one attached hydrogen (secondary N) is 3. The highest BCUT2D eigenvalue weighted by molar-refractivity contribution is 6.09. The number of amidine groups is 1. The first-order valence-corrected chi connectivity index (χ1v) is 13.0. The first-order chi connectivity index (χ1) is 16.9. The van der Waals surface area contributed by atoms with Crippen molar-refractivity contribution in [3.63, 3.8) is 0 Å². The number of aromatic amines is 1. The van der Waals surface area contributed by atoms with Gasteiger partial charge in [-0.2, -0.15) is 0 Å². The summed E-state index contributed by atoms with van der Waals surface area (Å²) < 4.78 is 0. The van der Waals surface area contributed by atoms with E-state index in [1.807, 2.05) is 13.8 Å². The number of hydrogen-bond donors (Lipinski definition) is 5. The van der Waals surface area contributed by atoms with E-state index in [1.165, 1.54) is 16.7 Å². The zero-order chi connectivity index (χ0) is 26.6. The van der Waals surface area contributed by atoms with Crippen molar-refractivity contribution in [3.8, 4) is 5.88 Å². The number of nitrogens with zero attached hydrogens (tertiary/aromatic N) is 1. The quantitative estimate of drug-likeness (QED) is 0.265. The SMILES string of the molecule is CCc1ccc(C)c(C2C=c3c(C(C)=NC(=N)/C=C(/C)NCCC(C)(C)O)c(O)[nH]c3=CC2CC)c1. The predicted octanol–water partition coefficient (Wildman–Crippen LogP) is 4.42. The maximum Gasteiger partial charge on any atom is 0.198 e. The smallest absolute Gasteiger partial charge is 0.198 e. The largest absolute Gasteiger partial charge is 0.494 e. The molecule has 194 valence electrons. The summed E-state index contributed by atoms with van der Waals surface area (Å²) in [6, 6.07) is 6.72. The standard InChI is InChI=1S/C30H42N4O2/c1-8-21-11-10-18(3)23(15-21)24-17-25-26(16-22(24)9-2)34-29(35)28(25)20(5)33-27(31)14-19(4)32-13-12-30(6,7)36/h10-11,14-17,22,24,31-32,34-36H,8-9,12-13H2,1-7H3/b19-14-,31-27?,33-20?. The highest BCUT2D eigenvalue weighted by atomic mass is 16.3. The summed E-state index contributed by atoms with van der Waals surface area (Å²) in [5.74, 6) is 0.715. The van der Waals surface area contributed by atoms with Crippen LogP contribution >= 0.6 is 0 Å². The van der Waals surface area contributed by atoms with Gasteiger partial charge in [-0.05, 0) is 76.5 Å². The number of allylic oxidation sites excluding steroid dienone is 1. The Morgan fingerprint density at radius 3 is 2.58 bits per heavy atom. The second kappa shape index (κ2) is 11.3. The summed E-state index contributed by atoms with van der Waals surface area (Å²) in [6.45, 7) is 14.4. The molecule has 3 rings (SSSR count). The van der Waals surface area contributed by atoms with E-state index in [9.17, 15) is 10.2 Å². The fraction of sp³-hybridized carbons (Fsp3) is 0.467. The zero-order valence-electron chi connectivity index (χ0n) is 22.8. The maximum absolute atomic E-state index is 10.8. The third-order valence-corrected chi connectivity index (χ3v) is 6.96. The van der Waals surface area contributed by atoms with Crippen LogP contribution in [0.5, 0.6) is 5.88 Å². The van der Waals surface area contributed by atoms with Crippen LogP contribution in [-0.2, 0) is 6.42 Å². The lowest BCUT2D eigenvalue weighted by Gasteiger charge is -2.25. The highest BCUT2D eigenvalue weighted by Gasteiger charge is 2.25. The molecule has 1 aromatic heterocycles. The highest BCUT2D eigenvalue weighted by Crippen LogP contribution is 2.34. The molecule has 5 N–H and O–H groups in total. The van der Waals surface area contributed by atoms with Gasteiger partial charge in [-0.25, -0.2) is 4.99 Å². The van der Waals surface area contributed by atoms with Gasteiger partial charge in [-0.15, -0.1) is 0 Å². The Kier molecular flexibility index (Phi) is 8.62. The van der Waals surface area contributed by atoms with Gasteiger partial charge in [0.15, 0.2) is 5.88 Å². The molecule has 0 aliphatic heterocycles. The van der Waals surface area contributed by atoms with E-state index >= 15 is 0 Å². The molecule has 1 aromatic carbocycles. The molecule has 0 bridgehead atoms. The minimum Gasteiger partial charge on any atom is -0.494 e. The predicted molar refractivity (Wildman–Crippen MR) is 150 cm³/mol. The van der Waals surface area contributed by atoms with Crippen LogP contribution in [0.1, 0.15) is 82.6 Å². The number of aryl methyl sites for hydroxylation is 2. The van der Waals surface area contributed by atoms with Gasteiger partial charge >= 0.3 is 0 Å². The van der Waals surface area contributed by atoms with E-state index in [4.69, 9.17) is 5.41 Å². The topological polar surface area (TPSA) is 104 Å². The Morgan fingerprint density at radius 2 is 1.94 bits per heavy atom. The summed E-state index contributed by atoms with van der Waals surface area (Å²) in [5.41, 5.74) is 5.23. The molecular weight excluding hydrogens is 448 g/mol. The first-order valence-electron chi connectivity index (χ1n) is 13.0. The van der Waals surface area contributed by atoms with Crippen LogP contribution in [0.3, 0.4) is 0 Å². The first kappa shape index (κ1) is 27.5. The molecule has 6 heteroatoms. The summed E-state index contributed by atoms with van der Waals surface area (Å²) in [7, 11) is 0. The third kappa shape index (κ3) is 6.55. The molecule has 0 spiro atoms. The average molecular weight is 491 g/mol. The number of aliphatic hydroxyl groups is 1. The number of benzene rings is 1. The van der Waals surface area contributed by atoms with Crippen molar-refractivity contribution in [2.45, 2.75) is 79.2 Å². The van der Waals surface area contributed by atoms with Crippen molar-refractivity contribution < 1.29 is 10.2 Å². The normalized spacial score (nSPS) is 18.3. The molecule has 0 radical (unpaired) electrons. The molecule has 2 unspecified atom stereocenters. The summed E-state index contributed by atoms with van der Waals surface area (Å²) in [5, 5.41) is 34.1. The third-order valence-electron chi connectivity index (χ3n) is 6.96. The molecular formula is C30H42N4O2. The fourth-order valence-corrected chi connectivity index (χ4v) is 4.86. The van der Waals surface area contributed by atoms with Gasteiger partial charge in [0.05, 0.1) is 16.9 Å². The molecule has 2 aromatic rings. The van der Waals surface area contributed by atoms with Gasteiger partial charge in [0.25, 0.3) is 0 Å². The number of aliphatic imine (C=N–C) groups is 1. The van der Waals surface area contributed by atoms with Gasteiger partial charge in [0.2, 0.25) is 0 Å². The van der Waals surface area contributed by atoms with Crippen LogP contribution in [0.15, 0.2) is 35.0 Å². The monoisotopic (exact) mass is 490 g/mol. The summed E-state index contributed by atoms with van der Waals surface area (Å²) >= 11 is 0. The molecule has 1 aliphatic rings. The van der Waals surface area contributed by atoms with Crippen molar-refractivity contribution in [2.75, 3.05) is 6.54 Å². The van der Waals surface area contributed by atoms with Crippen LogP contribution in [0, 0.1) is 18.3 Å². The molecule has 0 saturated heterocycles. The lowest BCUT2D eigenvalue weighted by Crippen LogP contribution is -2.34. The minimum absolute atomic E-state index is 0.0834. The number of aromatic hydroxyl groups is 1. The number of hydrogen-bond acceptors (Lipinski definition) is 4. The van der Waals surface area contributed by atoms with E-state index in [0.29, 0.717) is 30.2 Å². The van der Waals surface area contributed by atoms with Crippen molar-refractivity contribution in [1.29, 1.82) is 5.41 Å². The Labute approximate surface area is 215 Å². The van der Waals surface area contributed by atoms with Gasteiger partial charge < -0.3 is 20.5 Å². The van der Waals surface area contributed by atoms with E-state index in [1.54, 1.807) is 19.9 Å². The van der Waals surface area contributed by atoms with Crippen molar-refractivity contribution in [2.24, 2.45) is 10.9 Å². The average Bonchev–Trinajstić information content (AvgIpc) is 3.12. The molecule has 6 nitrogen and oxygen atoms in total. The Balaban J connectivity index is 1.96. The zero-order valence-corrected chi connectivity index (χ0v) is 22.8. The molecule has 2 atom stereocenters. The van der Waals surface area contributed by atoms with Crippen LogP contribution < -0.4 is 15.9 Å². The van der Waals surface area contributed by atoms with E-state index in [-0.39, 0.29) is 17.6 Å². The van der Waals surface area contributed by atoms with Crippen LogP contribution in [0.25, 0.3) is 12.2 Å².